The van der Waals surface area contributed by atoms with Gasteiger partial charge in [-0.05, 0) is 36.5 Å². The van der Waals surface area contributed by atoms with E-state index in [2.05, 4.69) is 32.4 Å². The van der Waals surface area contributed by atoms with Gasteiger partial charge < -0.3 is 11.1 Å². The first kappa shape index (κ1) is 14.0. The molecule has 1 fully saturated rings. The van der Waals surface area contributed by atoms with Crippen LogP contribution in [0.15, 0.2) is 28.7 Å². The number of anilines is 2. The summed E-state index contributed by atoms with van der Waals surface area (Å²) in [6, 6.07) is 10.1. The number of hydrogen-bond acceptors (Lipinski definition) is 4. The molecule has 0 amide bonds. The molecule has 21 heavy (non-hydrogen) atoms. The predicted molar refractivity (Wildman–Crippen MR) is 85.8 cm³/mol. The average Bonchev–Trinajstić information content (AvgIpc) is 3.23. The van der Waals surface area contributed by atoms with Gasteiger partial charge in [0.05, 0.1) is 6.54 Å². The van der Waals surface area contributed by atoms with Gasteiger partial charge in [0, 0.05) is 11.0 Å². The first-order chi connectivity index (χ1) is 10.2. The van der Waals surface area contributed by atoms with Crippen molar-refractivity contribution in [1.29, 1.82) is 5.26 Å². The van der Waals surface area contributed by atoms with Crippen molar-refractivity contribution in [2.75, 3.05) is 17.6 Å². The Balaban J connectivity index is 1.82. The fourth-order valence-electron chi connectivity index (χ4n) is 2.20. The molecule has 0 atom stereocenters. The van der Waals surface area contributed by atoms with E-state index in [0.29, 0.717) is 29.7 Å². The van der Waals surface area contributed by atoms with Crippen molar-refractivity contribution in [1.82, 2.24) is 9.78 Å². The molecule has 0 aliphatic heterocycles. The van der Waals surface area contributed by atoms with Gasteiger partial charge in [-0.3, -0.25) is 0 Å². The van der Waals surface area contributed by atoms with Crippen LogP contribution < -0.4 is 11.1 Å². The van der Waals surface area contributed by atoms with Gasteiger partial charge in [0.15, 0.2) is 5.82 Å². The minimum absolute atomic E-state index is 0.413. The van der Waals surface area contributed by atoms with Crippen LogP contribution in [0.3, 0.4) is 0 Å². The molecule has 2 aromatic rings. The molecular weight excluding hydrogens is 330 g/mol. The summed E-state index contributed by atoms with van der Waals surface area (Å²) in [6.45, 7) is 1.41. The third-order valence-corrected chi connectivity index (χ3v) is 4.07. The van der Waals surface area contributed by atoms with E-state index < -0.39 is 0 Å². The monoisotopic (exact) mass is 345 g/mol. The third-order valence-electron chi connectivity index (χ3n) is 3.58. The molecule has 6 heteroatoms. The Bertz CT molecular complexity index is 697. The molecule has 108 valence electrons. The van der Waals surface area contributed by atoms with Crippen molar-refractivity contribution in [3.05, 3.63) is 39.9 Å². The number of nitrogens with zero attached hydrogens (tertiary/aromatic N) is 3. The Morgan fingerprint density at radius 3 is 2.95 bits per heavy atom. The Hall–Kier alpha value is -2.00. The molecule has 3 N–H and O–H groups in total. The Labute approximate surface area is 131 Å². The normalized spacial score (nSPS) is 13.9. The summed E-state index contributed by atoms with van der Waals surface area (Å²) < 4.78 is 2.69. The van der Waals surface area contributed by atoms with E-state index in [9.17, 15) is 5.26 Å². The van der Waals surface area contributed by atoms with Crippen LogP contribution in [0.2, 0.25) is 0 Å². The summed E-state index contributed by atoms with van der Waals surface area (Å²) >= 11 is 3.45. The van der Waals surface area contributed by atoms with Crippen molar-refractivity contribution in [2.45, 2.75) is 19.4 Å². The molecule has 0 unspecified atom stereocenters. The lowest BCUT2D eigenvalue weighted by Crippen LogP contribution is -2.07. The van der Waals surface area contributed by atoms with E-state index in [1.54, 1.807) is 4.68 Å². The highest BCUT2D eigenvalue weighted by molar-refractivity contribution is 9.10. The second-order valence-corrected chi connectivity index (χ2v) is 6.25. The number of nitriles is 1. The molecule has 1 aliphatic carbocycles. The Morgan fingerprint density at radius 2 is 2.29 bits per heavy atom. The van der Waals surface area contributed by atoms with Crippen molar-refractivity contribution in [3.8, 4) is 6.07 Å². The topological polar surface area (TPSA) is 79.7 Å². The molecule has 3 rings (SSSR count). The van der Waals surface area contributed by atoms with E-state index in [1.165, 1.54) is 12.8 Å². The van der Waals surface area contributed by atoms with Crippen LogP contribution in [-0.4, -0.2) is 16.3 Å². The third kappa shape index (κ3) is 3.19. The maximum absolute atomic E-state index is 9.27. The van der Waals surface area contributed by atoms with Crippen molar-refractivity contribution in [3.63, 3.8) is 0 Å². The standard InChI is InChI=1S/C15H16BrN5/c16-12-3-1-2-11(6-12)9-21-14(18)13(7-17)15(20-21)19-8-10-4-5-10/h1-3,6,10H,4-5,8-9,18H2,(H,19,20). The summed E-state index contributed by atoms with van der Waals surface area (Å²) in [7, 11) is 0. The number of aromatic nitrogens is 2. The summed E-state index contributed by atoms with van der Waals surface area (Å²) in [5.41, 5.74) is 7.56. The van der Waals surface area contributed by atoms with Crippen LogP contribution in [0.4, 0.5) is 11.6 Å². The molecule has 1 aromatic carbocycles. The lowest BCUT2D eigenvalue weighted by Gasteiger charge is -2.04. The Morgan fingerprint density at radius 1 is 1.48 bits per heavy atom. The molecule has 1 aromatic heterocycles. The highest BCUT2D eigenvalue weighted by Gasteiger charge is 2.23. The van der Waals surface area contributed by atoms with Gasteiger partial charge in [-0.25, -0.2) is 4.68 Å². The molecule has 1 saturated carbocycles. The summed E-state index contributed by atoms with van der Waals surface area (Å²) in [5, 5.41) is 17.0. The minimum Gasteiger partial charge on any atom is -0.383 e. The molecule has 5 nitrogen and oxygen atoms in total. The number of nitrogens with one attached hydrogen (secondary N) is 1. The zero-order chi connectivity index (χ0) is 14.8. The fraction of sp³-hybridized carbons (Fsp3) is 0.333. The highest BCUT2D eigenvalue weighted by atomic mass is 79.9. The van der Waals surface area contributed by atoms with Gasteiger partial charge in [-0.2, -0.15) is 10.4 Å². The fourth-order valence-corrected chi connectivity index (χ4v) is 2.65. The zero-order valence-electron chi connectivity index (χ0n) is 11.5. The maximum Gasteiger partial charge on any atom is 0.168 e. The van der Waals surface area contributed by atoms with Gasteiger partial charge in [0.25, 0.3) is 0 Å². The number of nitrogen functional groups attached to an aromatic ring is 1. The molecule has 0 bridgehead atoms. The number of nitrogens with two attached hydrogens (primary N) is 1. The maximum atomic E-state index is 9.27. The average molecular weight is 346 g/mol. The smallest absolute Gasteiger partial charge is 0.168 e. The van der Waals surface area contributed by atoms with E-state index in [-0.39, 0.29) is 0 Å². The van der Waals surface area contributed by atoms with Gasteiger partial charge in [0.2, 0.25) is 0 Å². The van der Waals surface area contributed by atoms with Gasteiger partial charge in [-0.15, -0.1) is 0 Å². The van der Waals surface area contributed by atoms with Crippen LogP contribution in [0.1, 0.15) is 24.0 Å². The molecule has 1 heterocycles. The van der Waals surface area contributed by atoms with Gasteiger partial charge >= 0.3 is 0 Å². The number of hydrogen-bond donors (Lipinski definition) is 2. The number of benzene rings is 1. The van der Waals surface area contributed by atoms with Crippen molar-refractivity contribution >= 4 is 27.6 Å². The summed E-state index contributed by atoms with van der Waals surface area (Å²) in [6.07, 6.45) is 2.51. The quantitative estimate of drug-likeness (QED) is 0.872. The number of halogens is 1. The van der Waals surface area contributed by atoms with Crippen LogP contribution >= 0.6 is 15.9 Å². The van der Waals surface area contributed by atoms with Crippen LogP contribution in [0, 0.1) is 17.2 Å². The van der Waals surface area contributed by atoms with E-state index in [4.69, 9.17) is 5.73 Å². The van der Waals surface area contributed by atoms with Crippen LogP contribution in [-0.2, 0) is 6.54 Å². The van der Waals surface area contributed by atoms with Crippen LogP contribution in [0.25, 0.3) is 0 Å². The predicted octanol–water partition coefficient (Wildman–Crippen LogP) is 2.97. The van der Waals surface area contributed by atoms with E-state index >= 15 is 0 Å². The highest BCUT2D eigenvalue weighted by Crippen LogP contribution is 2.30. The summed E-state index contributed by atoms with van der Waals surface area (Å²) in [5.74, 6) is 1.72. The molecule has 0 saturated heterocycles. The first-order valence-corrected chi connectivity index (χ1v) is 7.71. The number of rotatable bonds is 5. The second-order valence-electron chi connectivity index (χ2n) is 5.33. The Kier molecular flexibility index (Phi) is 3.84. The minimum atomic E-state index is 0.413. The van der Waals surface area contributed by atoms with E-state index in [1.807, 2.05) is 24.3 Å². The molecule has 0 radical (unpaired) electrons. The van der Waals surface area contributed by atoms with E-state index in [0.717, 1.165) is 16.6 Å². The molecule has 1 aliphatic rings. The molecule has 0 spiro atoms. The lowest BCUT2D eigenvalue weighted by molar-refractivity contribution is 0.697. The van der Waals surface area contributed by atoms with Crippen LogP contribution in [0.5, 0.6) is 0 Å². The first-order valence-electron chi connectivity index (χ1n) is 6.92. The zero-order valence-corrected chi connectivity index (χ0v) is 13.1. The van der Waals surface area contributed by atoms with Gasteiger partial charge in [-0.1, -0.05) is 28.1 Å². The van der Waals surface area contributed by atoms with Crippen molar-refractivity contribution < 1.29 is 0 Å². The lowest BCUT2D eigenvalue weighted by atomic mass is 10.2. The molecular formula is C15H16BrN5. The van der Waals surface area contributed by atoms with Crippen molar-refractivity contribution in [2.24, 2.45) is 5.92 Å². The second kappa shape index (κ2) is 5.78. The summed E-state index contributed by atoms with van der Waals surface area (Å²) in [4.78, 5) is 0. The SMILES string of the molecule is N#Cc1c(NCC2CC2)nn(Cc2cccc(Br)c2)c1N. The largest absolute Gasteiger partial charge is 0.383 e. The van der Waals surface area contributed by atoms with Gasteiger partial charge in [0.1, 0.15) is 17.5 Å².